The molecule has 0 radical (unpaired) electrons. The summed E-state index contributed by atoms with van der Waals surface area (Å²) in [6.45, 7) is 2.39. The molecular weight excluding hydrogens is 302 g/mol. The zero-order chi connectivity index (χ0) is 17.7. The topological polar surface area (TPSA) is 52.7 Å². The Bertz CT molecular complexity index is 722. The van der Waals surface area contributed by atoms with Gasteiger partial charge in [0.05, 0.1) is 19.1 Å². The first-order valence-electron chi connectivity index (χ1n) is 8.04. The highest BCUT2D eigenvalue weighted by molar-refractivity contribution is 5.87. The molecule has 5 heteroatoms. The van der Waals surface area contributed by atoms with E-state index < -0.39 is 0 Å². The van der Waals surface area contributed by atoms with E-state index in [1.165, 1.54) is 4.90 Å². The fourth-order valence-corrected chi connectivity index (χ4v) is 2.67. The molecule has 0 heterocycles. The van der Waals surface area contributed by atoms with Crippen LogP contribution in [-0.2, 0) is 9.59 Å². The summed E-state index contributed by atoms with van der Waals surface area (Å²) >= 11 is 0. The summed E-state index contributed by atoms with van der Waals surface area (Å²) in [4.78, 5) is 27.2. The molecule has 2 aromatic rings. The molecule has 2 rings (SSSR count). The van der Waals surface area contributed by atoms with Gasteiger partial charge >= 0.3 is 0 Å². The van der Waals surface area contributed by atoms with Crippen molar-refractivity contribution in [1.82, 2.24) is 15.1 Å². The number of rotatable bonds is 6. The fourth-order valence-electron chi connectivity index (χ4n) is 2.67. The van der Waals surface area contributed by atoms with Crippen LogP contribution in [0.2, 0.25) is 0 Å². The highest BCUT2D eigenvalue weighted by Gasteiger charge is 2.15. The molecule has 0 saturated heterocycles. The van der Waals surface area contributed by atoms with E-state index in [9.17, 15) is 9.59 Å². The van der Waals surface area contributed by atoms with Gasteiger partial charge in [-0.25, -0.2) is 0 Å². The van der Waals surface area contributed by atoms with Crippen molar-refractivity contribution < 1.29 is 9.59 Å². The van der Waals surface area contributed by atoms with Crippen molar-refractivity contribution in [3.05, 3.63) is 48.0 Å². The number of carbonyl (C=O) groups excluding carboxylic acids is 2. The van der Waals surface area contributed by atoms with E-state index >= 15 is 0 Å². The number of amides is 2. The highest BCUT2D eigenvalue weighted by Crippen LogP contribution is 2.23. The summed E-state index contributed by atoms with van der Waals surface area (Å²) in [7, 11) is 5.18. The predicted molar refractivity (Wildman–Crippen MR) is 96.7 cm³/mol. The maximum Gasteiger partial charge on any atom is 0.236 e. The van der Waals surface area contributed by atoms with E-state index in [-0.39, 0.29) is 30.9 Å². The number of carbonyl (C=O) groups is 2. The number of fused-ring (bicyclic) bond motifs is 1. The Labute approximate surface area is 143 Å². The lowest BCUT2D eigenvalue weighted by Crippen LogP contribution is -2.41. The minimum atomic E-state index is -0.0958. The summed E-state index contributed by atoms with van der Waals surface area (Å²) in [5.41, 5.74) is 1.09. The van der Waals surface area contributed by atoms with Crippen molar-refractivity contribution in [3.63, 3.8) is 0 Å². The minimum Gasteiger partial charge on any atom is -0.348 e. The minimum absolute atomic E-state index is 0.0209. The summed E-state index contributed by atoms with van der Waals surface area (Å²) < 4.78 is 0. The lowest BCUT2D eigenvalue weighted by molar-refractivity contribution is -0.130. The fraction of sp³-hybridized carbons (Fsp3) is 0.368. The van der Waals surface area contributed by atoms with Crippen molar-refractivity contribution in [3.8, 4) is 0 Å². The first kappa shape index (κ1) is 17.9. The molecule has 1 atom stereocenters. The third-order valence-corrected chi connectivity index (χ3v) is 3.98. The Kier molecular flexibility index (Phi) is 5.93. The average Bonchev–Trinajstić information content (AvgIpc) is 2.53. The molecule has 0 unspecified atom stereocenters. The van der Waals surface area contributed by atoms with E-state index in [0.717, 1.165) is 16.3 Å². The molecule has 0 aliphatic heterocycles. The van der Waals surface area contributed by atoms with Crippen molar-refractivity contribution in [1.29, 1.82) is 0 Å². The van der Waals surface area contributed by atoms with Crippen LogP contribution in [0.3, 0.4) is 0 Å². The Balaban J connectivity index is 1.99. The Morgan fingerprint density at radius 1 is 1.00 bits per heavy atom. The molecule has 24 heavy (non-hydrogen) atoms. The van der Waals surface area contributed by atoms with Gasteiger partial charge in [0.1, 0.15) is 0 Å². The van der Waals surface area contributed by atoms with Crippen LogP contribution in [0.5, 0.6) is 0 Å². The van der Waals surface area contributed by atoms with Gasteiger partial charge in [-0.15, -0.1) is 0 Å². The van der Waals surface area contributed by atoms with Gasteiger partial charge in [-0.05, 0) is 30.3 Å². The summed E-state index contributed by atoms with van der Waals surface area (Å²) in [6.07, 6.45) is 0. The molecule has 2 aromatic carbocycles. The van der Waals surface area contributed by atoms with Crippen LogP contribution in [0.25, 0.3) is 10.8 Å². The number of nitrogens with one attached hydrogen (secondary N) is 1. The zero-order valence-electron chi connectivity index (χ0n) is 14.7. The average molecular weight is 327 g/mol. The Hall–Kier alpha value is -2.40. The molecule has 1 N–H and O–H groups in total. The van der Waals surface area contributed by atoms with Gasteiger partial charge in [0.25, 0.3) is 0 Å². The standard InChI is InChI=1S/C19H25N3O2/c1-14(16-11-7-9-15-8-5-6-10-17(15)16)20-18(23)12-22(4)13-19(24)21(2)3/h5-11,14H,12-13H2,1-4H3,(H,20,23)/t14-/m1/s1. The van der Waals surface area contributed by atoms with E-state index in [4.69, 9.17) is 0 Å². The second-order valence-corrected chi connectivity index (χ2v) is 6.32. The predicted octanol–water partition coefficient (Wildman–Crippen LogP) is 2.04. The van der Waals surface area contributed by atoms with Crippen LogP contribution in [-0.4, -0.2) is 55.8 Å². The smallest absolute Gasteiger partial charge is 0.236 e. The lowest BCUT2D eigenvalue weighted by atomic mass is 10.00. The third kappa shape index (κ3) is 4.55. The Morgan fingerprint density at radius 3 is 2.38 bits per heavy atom. The number of hydrogen-bond donors (Lipinski definition) is 1. The number of likely N-dealkylation sites (N-methyl/N-ethyl adjacent to an activating group) is 2. The first-order chi connectivity index (χ1) is 11.4. The van der Waals surface area contributed by atoms with Crippen molar-refractivity contribution >= 4 is 22.6 Å². The Morgan fingerprint density at radius 2 is 1.67 bits per heavy atom. The van der Waals surface area contributed by atoms with E-state index in [1.807, 2.05) is 31.2 Å². The van der Waals surface area contributed by atoms with Gasteiger partial charge in [0, 0.05) is 14.1 Å². The SMILES string of the molecule is C[C@@H](NC(=O)CN(C)CC(=O)N(C)C)c1cccc2ccccc12. The van der Waals surface area contributed by atoms with E-state index in [0.29, 0.717) is 0 Å². The molecule has 0 saturated carbocycles. The maximum absolute atomic E-state index is 12.2. The van der Waals surface area contributed by atoms with E-state index in [1.54, 1.807) is 26.0 Å². The second kappa shape index (κ2) is 7.93. The molecule has 5 nitrogen and oxygen atoms in total. The molecule has 0 spiro atoms. The van der Waals surface area contributed by atoms with Crippen LogP contribution in [0, 0.1) is 0 Å². The molecular formula is C19H25N3O2. The van der Waals surface area contributed by atoms with Crippen molar-refractivity contribution in [2.75, 3.05) is 34.2 Å². The second-order valence-electron chi connectivity index (χ2n) is 6.32. The number of nitrogens with zero attached hydrogens (tertiary/aromatic N) is 2. The molecule has 0 aliphatic carbocycles. The van der Waals surface area contributed by atoms with E-state index in [2.05, 4.69) is 23.5 Å². The van der Waals surface area contributed by atoms with Crippen molar-refractivity contribution in [2.45, 2.75) is 13.0 Å². The third-order valence-electron chi connectivity index (χ3n) is 3.98. The van der Waals surface area contributed by atoms with Crippen LogP contribution >= 0.6 is 0 Å². The van der Waals surface area contributed by atoms with Gasteiger partial charge in [-0.3, -0.25) is 14.5 Å². The van der Waals surface area contributed by atoms with Gasteiger partial charge in [0.15, 0.2) is 0 Å². The van der Waals surface area contributed by atoms with Crippen LogP contribution < -0.4 is 5.32 Å². The number of hydrogen-bond acceptors (Lipinski definition) is 3. The quantitative estimate of drug-likeness (QED) is 0.883. The largest absolute Gasteiger partial charge is 0.348 e. The summed E-state index contributed by atoms with van der Waals surface area (Å²) in [5, 5.41) is 5.32. The lowest BCUT2D eigenvalue weighted by Gasteiger charge is -2.21. The molecule has 0 bridgehead atoms. The molecule has 0 aliphatic rings. The monoisotopic (exact) mass is 327 g/mol. The van der Waals surface area contributed by atoms with Gasteiger partial charge in [-0.1, -0.05) is 42.5 Å². The van der Waals surface area contributed by atoms with Gasteiger partial charge in [0.2, 0.25) is 11.8 Å². The normalized spacial score (nSPS) is 12.2. The summed E-state index contributed by atoms with van der Waals surface area (Å²) in [6, 6.07) is 14.1. The highest BCUT2D eigenvalue weighted by atomic mass is 16.2. The van der Waals surface area contributed by atoms with Crippen molar-refractivity contribution in [2.24, 2.45) is 0 Å². The molecule has 2 amide bonds. The first-order valence-corrected chi connectivity index (χ1v) is 8.04. The molecule has 128 valence electrons. The maximum atomic E-state index is 12.2. The van der Waals surface area contributed by atoms with Gasteiger partial charge < -0.3 is 10.2 Å². The van der Waals surface area contributed by atoms with Crippen LogP contribution in [0.1, 0.15) is 18.5 Å². The zero-order valence-corrected chi connectivity index (χ0v) is 14.7. The van der Waals surface area contributed by atoms with Gasteiger partial charge in [-0.2, -0.15) is 0 Å². The molecule has 0 fully saturated rings. The summed E-state index contributed by atoms with van der Waals surface area (Å²) in [5.74, 6) is -0.114. The molecule has 0 aromatic heterocycles. The van der Waals surface area contributed by atoms with Crippen LogP contribution in [0.15, 0.2) is 42.5 Å². The number of benzene rings is 2. The van der Waals surface area contributed by atoms with Crippen LogP contribution in [0.4, 0.5) is 0 Å².